The van der Waals surface area contributed by atoms with Crippen LogP contribution in [-0.4, -0.2) is 36.2 Å². The number of nitrogens with one attached hydrogen (secondary N) is 1. The second-order valence-corrected chi connectivity index (χ2v) is 6.26. The Labute approximate surface area is 127 Å². The number of rotatable bonds is 8. The van der Waals surface area contributed by atoms with Gasteiger partial charge in [0.25, 0.3) is 0 Å². The molecule has 0 aromatic heterocycles. The molecular formula is C16H26N2OS. The fourth-order valence-corrected chi connectivity index (χ4v) is 2.59. The maximum Gasteiger partial charge on any atom is 0.232 e. The average Bonchev–Trinajstić information content (AvgIpc) is 2.44. The van der Waals surface area contributed by atoms with E-state index in [-0.39, 0.29) is 11.9 Å². The van der Waals surface area contributed by atoms with Crippen LogP contribution in [0.2, 0.25) is 0 Å². The number of benzene rings is 1. The highest BCUT2D eigenvalue weighted by Crippen LogP contribution is 2.19. The van der Waals surface area contributed by atoms with Crippen molar-refractivity contribution in [3.05, 3.63) is 29.8 Å². The highest BCUT2D eigenvalue weighted by atomic mass is 32.2. The largest absolute Gasteiger partial charge is 0.343 e. The average molecular weight is 294 g/mol. The zero-order chi connectivity index (χ0) is 15.0. The van der Waals surface area contributed by atoms with Crippen molar-refractivity contribution in [3.63, 3.8) is 0 Å². The van der Waals surface area contributed by atoms with E-state index in [1.54, 1.807) is 16.7 Å². The van der Waals surface area contributed by atoms with Gasteiger partial charge in [-0.3, -0.25) is 4.79 Å². The molecule has 0 radical (unpaired) electrons. The molecule has 0 fully saturated rings. The molecule has 0 heterocycles. The molecule has 0 bridgehead atoms. The highest BCUT2D eigenvalue weighted by Gasteiger charge is 2.11. The fourth-order valence-electron chi connectivity index (χ4n) is 1.69. The molecule has 112 valence electrons. The van der Waals surface area contributed by atoms with Gasteiger partial charge in [-0.2, -0.15) is 0 Å². The highest BCUT2D eigenvalue weighted by molar-refractivity contribution is 8.00. The Morgan fingerprint density at radius 2 is 2.15 bits per heavy atom. The van der Waals surface area contributed by atoms with Gasteiger partial charge in [0.2, 0.25) is 5.91 Å². The van der Waals surface area contributed by atoms with Crippen molar-refractivity contribution in [2.75, 3.05) is 19.3 Å². The van der Waals surface area contributed by atoms with Gasteiger partial charge in [0, 0.05) is 24.5 Å². The molecule has 1 aromatic rings. The van der Waals surface area contributed by atoms with E-state index in [2.05, 4.69) is 36.5 Å². The lowest BCUT2D eigenvalue weighted by atomic mass is 10.2. The van der Waals surface area contributed by atoms with Crippen LogP contribution in [0, 0.1) is 0 Å². The summed E-state index contributed by atoms with van der Waals surface area (Å²) in [6.45, 7) is 8.15. The molecule has 3 nitrogen and oxygen atoms in total. The Kier molecular flexibility index (Phi) is 7.70. The van der Waals surface area contributed by atoms with E-state index in [9.17, 15) is 4.79 Å². The zero-order valence-electron chi connectivity index (χ0n) is 13.0. The van der Waals surface area contributed by atoms with E-state index in [4.69, 9.17) is 0 Å². The Bertz CT molecular complexity index is 421. The number of hydrogen-bond acceptors (Lipinski definition) is 3. The number of carbonyl (C=O) groups excluding carboxylic acids is 1. The number of hydrogen-bond donors (Lipinski definition) is 1. The van der Waals surface area contributed by atoms with E-state index >= 15 is 0 Å². The molecule has 1 rings (SSSR count). The predicted molar refractivity (Wildman–Crippen MR) is 87.1 cm³/mol. The third-order valence-corrected chi connectivity index (χ3v) is 4.16. The van der Waals surface area contributed by atoms with Crippen LogP contribution < -0.4 is 5.32 Å². The summed E-state index contributed by atoms with van der Waals surface area (Å²) in [4.78, 5) is 14.9. The summed E-state index contributed by atoms with van der Waals surface area (Å²) in [6, 6.07) is 8.66. The first-order valence-electron chi connectivity index (χ1n) is 7.22. The quantitative estimate of drug-likeness (QED) is 0.590. The minimum atomic E-state index is 0.180. The maximum absolute atomic E-state index is 11.9. The van der Waals surface area contributed by atoms with Crippen LogP contribution in [0.1, 0.15) is 32.8 Å². The summed E-state index contributed by atoms with van der Waals surface area (Å²) in [5, 5.41) is 3.39. The SMILES string of the molecule is CCCNCc1cccc(SCC(=O)N(C)C(C)C)c1. The summed E-state index contributed by atoms with van der Waals surface area (Å²) >= 11 is 1.61. The van der Waals surface area contributed by atoms with E-state index in [0.717, 1.165) is 24.4 Å². The molecule has 0 aliphatic rings. The summed E-state index contributed by atoms with van der Waals surface area (Å²) in [6.07, 6.45) is 1.14. The van der Waals surface area contributed by atoms with Crippen LogP contribution in [0.15, 0.2) is 29.2 Å². The van der Waals surface area contributed by atoms with Crippen molar-refractivity contribution in [1.29, 1.82) is 0 Å². The first-order valence-corrected chi connectivity index (χ1v) is 8.21. The zero-order valence-corrected chi connectivity index (χ0v) is 13.8. The van der Waals surface area contributed by atoms with E-state index < -0.39 is 0 Å². The molecule has 0 saturated heterocycles. The van der Waals surface area contributed by atoms with Gasteiger partial charge in [0.1, 0.15) is 0 Å². The molecule has 0 spiro atoms. The van der Waals surface area contributed by atoms with Crippen LogP contribution in [0.5, 0.6) is 0 Å². The Hall–Kier alpha value is -1.00. The smallest absolute Gasteiger partial charge is 0.232 e. The summed E-state index contributed by atoms with van der Waals surface area (Å²) < 4.78 is 0. The van der Waals surface area contributed by atoms with Crippen LogP contribution >= 0.6 is 11.8 Å². The Balaban J connectivity index is 2.47. The maximum atomic E-state index is 11.9. The van der Waals surface area contributed by atoms with Crippen molar-refractivity contribution < 1.29 is 4.79 Å². The van der Waals surface area contributed by atoms with Gasteiger partial charge in [-0.1, -0.05) is 19.1 Å². The van der Waals surface area contributed by atoms with Crippen molar-refractivity contribution in [1.82, 2.24) is 10.2 Å². The van der Waals surface area contributed by atoms with E-state index in [1.165, 1.54) is 5.56 Å². The van der Waals surface area contributed by atoms with Gasteiger partial charge in [0.05, 0.1) is 5.75 Å². The molecule has 4 heteroatoms. The molecule has 0 atom stereocenters. The number of nitrogens with zero attached hydrogens (tertiary/aromatic N) is 1. The second kappa shape index (κ2) is 9.03. The molecule has 0 saturated carbocycles. The predicted octanol–water partition coefficient (Wildman–Crippen LogP) is 3.15. The van der Waals surface area contributed by atoms with Crippen LogP contribution in [0.3, 0.4) is 0 Å². The van der Waals surface area contributed by atoms with E-state index in [0.29, 0.717) is 5.75 Å². The summed E-state index contributed by atoms with van der Waals surface area (Å²) in [5.74, 6) is 0.681. The van der Waals surface area contributed by atoms with Crippen LogP contribution in [-0.2, 0) is 11.3 Å². The monoisotopic (exact) mass is 294 g/mol. The van der Waals surface area contributed by atoms with Gasteiger partial charge in [-0.25, -0.2) is 0 Å². The molecule has 1 N–H and O–H groups in total. The lowest BCUT2D eigenvalue weighted by Crippen LogP contribution is -2.34. The van der Waals surface area contributed by atoms with Gasteiger partial charge >= 0.3 is 0 Å². The minimum absolute atomic E-state index is 0.180. The first-order chi connectivity index (χ1) is 9.54. The van der Waals surface area contributed by atoms with Gasteiger partial charge in [-0.15, -0.1) is 11.8 Å². The van der Waals surface area contributed by atoms with Crippen molar-refractivity contribution in [2.24, 2.45) is 0 Å². The Morgan fingerprint density at radius 3 is 2.80 bits per heavy atom. The van der Waals surface area contributed by atoms with Crippen LogP contribution in [0.25, 0.3) is 0 Å². The third kappa shape index (κ3) is 5.97. The number of thioether (sulfide) groups is 1. The molecule has 0 aliphatic carbocycles. The summed E-state index contributed by atoms with van der Waals surface area (Å²) in [5.41, 5.74) is 1.27. The summed E-state index contributed by atoms with van der Waals surface area (Å²) in [7, 11) is 1.86. The topological polar surface area (TPSA) is 32.3 Å². The van der Waals surface area contributed by atoms with Crippen molar-refractivity contribution >= 4 is 17.7 Å². The molecule has 1 aromatic carbocycles. The minimum Gasteiger partial charge on any atom is -0.343 e. The molecule has 0 aliphatic heterocycles. The number of amides is 1. The third-order valence-electron chi connectivity index (χ3n) is 3.18. The first kappa shape index (κ1) is 17.1. The van der Waals surface area contributed by atoms with Gasteiger partial charge < -0.3 is 10.2 Å². The molecule has 1 amide bonds. The Morgan fingerprint density at radius 1 is 1.40 bits per heavy atom. The standard InChI is InChI=1S/C16H26N2OS/c1-5-9-17-11-14-7-6-8-15(10-14)20-12-16(19)18(4)13(2)3/h6-8,10,13,17H,5,9,11-12H2,1-4H3. The fraction of sp³-hybridized carbons (Fsp3) is 0.562. The van der Waals surface area contributed by atoms with Crippen LogP contribution in [0.4, 0.5) is 0 Å². The van der Waals surface area contributed by atoms with Gasteiger partial charge in [0.15, 0.2) is 0 Å². The lowest BCUT2D eigenvalue weighted by Gasteiger charge is -2.21. The van der Waals surface area contributed by atoms with Crippen molar-refractivity contribution in [2.45, 2.75) is 44.7 Å². The normalized spacial score (nSPS) is 10.8. The van der Waals surface area contributed by atoms with Gasteiger partial charge in [-0.05, 0) is 44.5 Å². The lowest BCUT2D eigenvalue weighted by molar-refractivity contribution is -0.128. The second-order valence-electron chi connectivity index (χ2n) is 5.21. The number of carbonyl (C=O) groups is 1. The molecule has 20 heavy (non-hydrogen) atoms. The molecular weight excluding hydrogens is 268 g/mol. The van der Waals surface area contributed by atoms with E-state index in [1.807, 2.05) is 20.9 Å². The molecule has 0 unspecified atom stereocenters. The van der Waals surface area contributed by atoms with Crippen molar-refractivity contribution in [3.8, 4) is 0 Å².